The Morgan fingerprint density at radius 1 is 1.37 bits per heavy atom. The van der Waals surface area contributed by atoms with Crippen LogP contribution in [0.1, 0.15) is 25.7 Å². The van der Waals surface area contributed by atoms with E-state index in [4.69, 9.17) is 5.73 Å². The zero-order valence-electron chi connectivity index (χ0n) is 10.8. The zero-order chi connectivity index (χ0) is 13.5. The van der Waals surface area contributed by atoms with Crippen LogP contribution in [0.25, 0.3) is 0 Å². The molecule has 7 heteroatoms. The SMILES string of the molecule is NCCn1cc(S(=O)(=O)NC(C2CC2)C2CC2)cn1. The Balaban J connectivity index is 1.73. The summed E-state index contributed by atoms with van der Waals surface area (Å²) in [5, 5.41) is 4.02. The molecule has 1 heterocycles. The second-order valence-corrected chi connectivity index (χ2v) is 7.26. The van der Waals surface area contributed by atoms with Gasteiger partial charge in [-0.1, -0.05) is 0 Å². The molecular weight excluding hydrogens is 264 g/mol. The Kier molecular flexibility index (Phi) is 3.36. The summed E-state index contributed by atoms with van der Waals surface area (Å²) in [6.07, 6.45) is 7.54. The van der Waals surface area contributed by atoms with E-state index in [2.05, 4.69) is 9.82 Å². The van der Waals surface area contributed by atoms with Gasteiger partial charge in [0.1, 0.15) is 4.90 Å². The molecule has 0 aromatic carbocycles. The second-order valence-electron chi connectivity index (χ2n) is 5.55. The van der Waals surface area contributed by atoms with Gasteiger partial charge in [0.15, 0.2) is 0 Å². The summed E-state index contributed by atoms with van der Waals surface area (Å²) >= 11 is 0. The van der Waals surface area contributed by atoms with E-state index >= 15 is 0 Å². The smallest absolute Gasteiger partial charge is 0.243 e. The molecule has 0 aliphatic heterocycles. The molecule has 0 amide bonds. The van der Waals surface area contributed by atoms with Crippen LogP contribution in [0.5, 0.6) is 0 Å². The average Bonchev–Trinajstić information content (AvgIpc) is 3.27. The van der Waals surface area contributed by atoms with Crippen molar-refractivity contribution in [3.05, 3.63) is 12.4 Å². The Morgan fingerprint density at radius 2 is 2.00 bits per heavy atom. The van der Waals surface area contributed by atoms with Gasteiger partial charge in [0.2, 0.25) is 10.0 Å². The van der Waals surface area contributed by atoms with Crippen molar-refractivity contribution in [3.8, 4) is 0 Å². The van der Waals surface area contributed by atoms with Crippen LogP contribution in [0.3, 0.4) is 0 Å². The maximum absolute atomic E-state index is 12.3. The second kappa shape index (κ2) is 4.88. The number of rotatable bonds is 7. The molecule has 6 nitrogen and oxygen atoms in total. The van der Waals surface area contributed by atoms with E-state index in [0.29, 0.717) is 24.9 Å². The van der Waals surface area contributed by atoms with Crippen molar-refractivity contribution < 1.29 is 8.42 Å². The number of nitrogens with two attached hydrogens (primary N) is 1. The monoisotopic (exact) mass is 284 g/mol. The van der Waals surface area contributed by atoms with Crippen LogP contribution in [-0.2, 0) is 16.6 Å². The van der Waals surface area contributed by atoms with E-state index in [0.717, 1.165) is 25.7 Å². The summed E-state index contributed by atoms with van der Waals surface area (Å²) in [4.78, 5) is 0.243. The first-order chi connectivity index (χ1) is 9.10. The predicted molar refractivity (Wildman–Crippen MR) is 70.8 cm³/mol. The van der Waals surface area contributed by atoms with Crippen LogP contribution < -0.4 is 10.5 Å². The highest BCUT2D eigenvalue weighted by Gasteiger charge is 2.43. The third-order valence-corrected chi connectivity index (χ3v) is 5.24. The van der Waals surface area contributed by atoms with Crippen molar-refractivity contribution in [2.45, 2.75) is 43.2 Å². The number of nitrogens with one attached hydrogen (secondary N) is 1. The van der Waals surface area contributed by atoms with E-state index < -0.39 is 10.0 Å². The van der Waals surface area contributed by atoms with Crippen LogP contribution >= 0.6 is 0 Å². The van der Waals surface area contributed by atoms with Crippen molar-refractivity contribution in [3.63, 3.8) is 0 Å². The van der Waals surface area contributed by atoms with E-state index in [1.807, 2.05) is 0 Å². The molecule has 1 aromatic heterocycles. The molecule has 0 unspecified atom stereocenters. The summed E-state index contributed by atoms with van der Waals surface area (Å²) in [5.74, 6) is 1.09. The van der Waals surface area contributed by atoms with Gasteiger partial charge in [0, 0.05) is 18.8 Å². The van der Waals surface area contributed by atoms with Crippen LogP contribution in [0.2, 0.25) is 0 Å². The fourth-order valence-corrected chi connectivity index (χ4v) is 3.80. The lowest BCUT2D eigenvalue weighted by atomic mass is 10.1. The normalized spacial score (nSPS) is 20.1. The molecule has 2 fully saturated rings. The van der Waals surface area contributed by atoms with Gasteiger partial charge in [-0.25, -0.2) is 13.1 Å². The zero-order valence-corrected chi connectivity index (χ0v) is 11.6. The standard InChI is InChI=1S/C12H20N4O2S/c13-5-6-16-8-11(7-14-16)19(17,18)15-12(9-1-2-9)10-3-4-10/h7-10,12,15H,1-6,13H2. The number of hydrogen-bond acceptors (Lipinski definition) is 4. The molecular formula is C12H20N4O2S. The highest BCUT2D eigenvalue weighted by molar-refractivity contribution is 7.89. The maximum atomic E-state index is 12.3. The van der Waals surface area contributed by atoms with Crippen molar-refractivity contribution in [2.24, 2.45) is 17.6 Å². The van der Waals surface area contributed by atoms with Gasteiger partial charge in [-0.3, -0.25) is 4.68 Å². The first kappa shape index (κ1) is 13.1. The Bertz CT molecular complexity index is 534. The minimum atomic E-state index is -3.44. The Morgan fingerprint density at radius 3 is 2.53 bits per heavy atom. The van der Waals surface area contributed by atoms with Gasteiger partial charge < -0.3 is 5.73 Å². The minimum Gasteiger partial charge on any atom is -0.329 e. The quantitative estimate of drug-likeness (QED) is 0.754. The maximum Gasteiger partial charge on any atom is 0.243 e. The minimum absolute atomic E-state index is 0.128. The molecule has 0 spiro atoms. The first-order valence-corrected chi connectivity index (χ1v) is 8.33. The van der Waals surface area contributed by atoms with Crippen LogP contribution in [0.4, 0.5) is 0 Å². The molecule has 2 saturated carbocycles. The summed E-state index contributed by atoms with van der Waals surface area (Å²) < 4.78 is 29.1. The summed E-state index contributed by atoms with van der Waals surface area (Å²) in [5.41, 5.74) is 5.43. The third kappa shape index (κ3) is 2.98. The number of nitrogens with zero attached hydrogens (tertiary/aromatic N) is 2. The number of sulfonamides is 1. The van der Waals surface area contributed by atoms with Gasteiger partial charge in [0.25, 0.3) is 0 Å². The predicted octanol–water partition coefficient (Wildman–Crippen LogP) is 0.309. The Labute approximate surface area is 113 Å². The highest BCUT2D eigenvalue weighted by Crippen LogP contribution is 2.45. The number of hydrogen-bond donors (Lipinski definition) is 2. The van der Waals surface area contributed by atoms with Crippen LogP contribution in [0.15, 0.2) is 17.3 Å². The fourth-order valence-electron chi connectivity index (χ4n) is 2.47. The fraction of sp³-hybridized carbons (Fsp3) is 0.750. The van der Waals surface area contributed by atoms with E-state index in [1.54, 1.807) is 10.9 Å². The van der Waals surface area contributed by atoms with Crippen molar-refractivity contribution in [2.75, 3.05) is 6.54 Å². The average molecular weight is 284 g/mol. The molecule has 3 rings (SSSR count). The van der Waals surface area contributed by atoms with E-state index in [1.165, 1.54) is 6.20 Å². The molecule has 2 aliphatic carbocycles. The van der Waals surface area contributed by atoms with Gasteiger partial charge in [0.05, 0.1) is 12.7 Å². The molecule has 0 radical (unpaired) electrons. The van der Waals surface area contributed by atoms with Crippen LogP contribution in [-0.4, -0.2) is 30.8 Å². The lowest BCUT2D eigenvalue weighted by Crippen LogP contribution is -2.37. The largest absolute Gasteiger partial charge is 0.329 e. The van der Waals surface area contributed by atoms with Crippen molar-refractivity contribution >= 4 is 10.0 Å². The Hall–Kier alpha value is -0.920. The molecule has 3 N–H and O–H groups in total. The van der Waals surface area contributed by atoms with Gasteiger partial charge >= 0.3 is 0 Å². The summed E-state index contributed by atoms with van der Waals surface area (Å²) in [6.45, 7) is 0.978. The van der Waals surface area contributed by atoms with Crippen molar-refractivity contribution in [1.29, 1.82) is 0 Å². The molecule has 0 bridgehead atoms. The van der Waals surface area contributed by atoms with Crippen LogP contribution in [0, 0.1) is 11.8 Å². The van der Waals surface area contributed by atoms with Gasteiger partial charge in [-0.15, -0.1) is 0 Å². The van der Waals surface area contributed by atoms with Crippen molar-refractivity contribution in [1.82, 2.24) is 14.5 Å². The van der Waals surface area contributed by atoms with Gasteiger partial charge in [-0.2, -0.15) is 5.10 Å². The molecule has 0 atom stereocenters. The van der Waals surface area contributed by atoms with E-state index in [-0.39, 0.29) is 10.9 Å². The lowest BCUT2D eigenvalue weighted by molar-refractivity contribution is 0.471. The molecule has 106 valence electrons. The highest BCUT2D eigenvalue weighted by atomic mass is 32.2. The molecule has 19 heavy (non-hydrogen) atoms. The summed E-state index contributed by atoms with van der Waals surface area (Å²) in [7, 11) is -3.44. The first-order valence-electron chi connectivity index (χ1n) is 6.85. The molecule has 0 saturated heterocycles. The third-order valence-electron chi connectivity index (χ3n) is 3.83. The lowest BCUT2D eigenvalue weighted by Gasteiger charge is -2.16. The molecule has 1 aromatic rings. The topological polar surface area (TPSA) is 90.0 Å². The van der Waals surface area contributed by atoms with E-state index in [9.17, 15) is 8.42 Å². The molecule has 2 aliphatic rings. The number of aromatic nitrogens is 2. The summed E-state index contributed by atoms with van der Waals surface area (Å²) in [6, 6.07) is 0.128. The van der Waals surface area contributed by atoms with Gasteiger partial charge in [-0.05, 0) is 37.5 Å².